The Morgan fingerprint density at radius 3 is 2.31 bits per heavy atom. The molecule has 0 atom stereocenters. The summed E-state index contributed by atoms with van der Waals surface area (Å²) >= 11 is 1.50. The van der Waals surface area contributed by atoms with Crippen molar-refractivity contribution in [1.82, 2.24) is 9.55 Å². The smallest absolute Gasteiger partial charge is 0.238 e. The molecular formula is C21H18FN3O2S2. The second-order valence-electron chi connectivity index (χ2n) is 6.70. The average molecular weight is 428 g/mol. The molecule has 0 unspecified atom stereocenters. The van der Waals surface area contributed by atoms with Crippen LogP contribution in [0.5, 0.6) is 0 Å². The molecule has 148 valence electrons. The molecule has 5 nitrogen and oxygen atoms in total. The first-order valence-electron chi connectivity index (χ1n) is 8.78. The second kappa shape index (κ2) is 7.22. The summed E-state index contributed by atoms with van der Waals surface area (Å²) in [5, 5.41) is 7.98. The van der Waals surface area contributed by atoms with Crippen LogP contribution in [0.2, 0.25) is 0 Å². The van der Waals surface area contributed by atoms with Crippen LogP contribution in [0.3, 0.4) is 0 Å². The lowest BCUT2D eigenvalue weighted by atomic mass is 10.2. The van der Waals surface area contributed by atoms with Gasteiger partial charge in [0.1, 0.15) is 10.8 Å². The first-order chi connectivity index (χ1) is 13.7. The number of aromatic nitrogens is 2. The van der Waals surface area contributed by atoms with Gasteiger partial charge in [0, 0.05) is 33.6 Å². The molecule has 0 saturated heterocycles. The minimum Gasteiger partial charge on any atom is -0.318 e. The molecule has 2 aromatic carbocycles. The van der Waals surface area contributed by atoms with Crippen LogP contribution in [0.4, 0.5) is 4.39 Å². The quantitative estimate of drug-likeness (QED) is 0.514. The first-order valence-corrected chi connectivity index (χ1v) is 11.2. The minimum absolute atomic E-state index is 0.0763. The van der Waals surface area contributed by atoms with Crippen LogP contribution in [-0.2, 0) is 10.0 Å². The zero-order chi connectivity index (χ0) is 20.8. The fourth-order valence-electron chi connectivity index (χ4n) is 3.33. The molecule has 0 aliphatic rings. The Bertz CT molecular complexity index is 1290. The number of nitrogens with zero attached hydrogens (tertiary/aromatic N) is 2. The van der Waals surface area contributed by atoms with E-state index in [4.69, 9.17) is 10.1 Å². The second-order valence-corrected chi connectivity index (χ2v) is 9.12. The van der Waals surface area contributed by atoms with Gasteiger partial charge in [-0.25, -0.2) is 22.9 Å². The van der Waals surface area contributed by atoms with Crippen molar-refractivity contribution in [3.63, 3.8) is 0 Å². The maximum atomic E-state index is 13.2. The largest absolute Gasteiger partial charge is 0.318 e. The van der Waals surface area contributed by atoms with Crippen molar-refractivity contribution in [3.8, 4) is 27.5 Å². The molecule has 0 spiro atoms. The standard InChI is InChI=1S/C21H18FN3O2S2/c1-13-11-19(20-12-28-21(24-20)15-3-5-16(22)6-4-15)14(2)25(13)17-7-9-18(10-8-17)29(23,26)27/h3-12H,1-2H3,(H2,23,26,27). The van der Waals surface area contributed by atoms with E-state index in [1.807, 2.05) is 29.9 Å². The number of halogens is 1. The molecule has 0 radical (unpaired) electrons. The lowest BCUT2D eigenvalue weighted by molar-refractivity contribution is 0.598. The fraction of sp³-hybridized carbons (Fsp3) is 0.0952. The van der Waals surface area contributed by atoms with Crippen molar-refractivity contribution in [2.75, 3.05) is 0 Å². The van der Waals surface area contributed by atoms with Gasteiger partial charge in [-0.3, -0.25) is 0 Å². The van der Waals surface area contributed by atoms with Crippen LogP contribution in [0, 0.1) is 19.7 Å². The number of primary sulfonamides is 1. The van der Waals surface area contributed by atoms with Crippen LogP contribution in [0.25, 0.3) is 27.5 Å². The minimum atomic E-state index is -3.73. The summed E-state index contributed by atoms with van der Waals surface area (Å²) in [7, 11) is -3.73. The molecule has 0 aliphatic heterocycles. The van der Waals surface area contributed by atoms with Crippen LogP contribution < -0.4 is 5.14 Å². The van der Waals surface area contributed by atoms with Gasteiger partial charge in [-0.1, -0.05) is 0 Å². The number of sulfonamides is 1. The van der Waals surface area contributed by atoms with Crippen LogP contribution in [0.1, 0.15) is 11.4 Å². The highest BCUT2D eigenvalue weighted by atomic mass is 32.2. The molecule has 0 fully saturated rings. The Hall–Kier alpha value is -2.81. The number of hydrogen-bond donors (Lipinski definition) is 1. The molecule has 4 rings (SSSR count). The third-order valence-electron chi connectivity index (χ3n) is 4.73. The van der Waals surface area contributed by atoms with E-state index in [2.05, 4.69) is 0 Å². The summed E-state index contributed by atoms with van der Waals surface area (Å²) in [5.41, 5.74) is 5.53. The number of aryl methyl sites for hydroxylation is 1. The Balaban J connectivity index is 1.72. The van der Waals surface area contributed by atoms with E-state index in [9.17, 15) is 12.8 Å². The summed E-state index contributed by atoms with van der Waals surface area (Å²) in [6, 6.07) is 14.8. The highest BCUT2D eigenvalue weighted by molar-refractivity contribution is 7.89. The van der Waals surface area contributed by atoms with Gasteiger partial charge < -0.3 is 4.57 Å². The predicted molar refractivity (Wildman–Crippen MR) is 113 cm³/mol. The van der Waals surface area contributed by atoms with Gasteiger partial charge in [0.2, 0.25) is 10.0 Å². The zero-order valence-electron chi connectivity index (χ0n) is 15.8. The predicted octanol–water partition coefficient (Wildman–Crippen LogP) is 4.67. The maximum Gasteiger partial charge on any atom is 0.238 e. The number of rotatable bonds is 4. The van der Waals surface area contributed by atoms with E-state index in [-0.39, 0.29) is 10.7 Å². The Kier molecular flexibility index (Phi) is 4.85. The summed E-state index contributed by atoms with van der Waals surface area (Å²) in [5.74, 6) is -0.275. The molecule has 2 heterocycles. The van der Waals surface area contributed by atoms with Crippen molar-refractivity contribution in [2.45, 2.75) is 18.7 Å². The van der Waals surface area contributed by atoms with E-state index in [1.54, 1.807) is 24.3 Å². The molecule has 8 heteroatoms. The van der Waals surface area contributed by atoms with E-state index in [1.165, 1.54) is 35.6 Å². The van der Waals surface area contributed by atoms with Crippen molar-refractivity contribution >= 4 is 21.4 Å². The van der Waals surface area contributed by atoms with E-state index >= 15 is 0 Å². The normalized spacial score (nSPS) is 11.7. The summed E-state index contributed by atoms with van der Waals surface area (Å²) in [4.78, 5) is 4.80. The molecular weight excluding hydrogens is 409 g/mol. The highest BCUT2D eigenvalue weighted by Gasteiger charge is 2.16. The van der Waals surface area contributed by atoms with Crippen LogP contribution in [0.15, 0.2) is 64.9 Å². The number of thiazole rings is 1. The average Bonchev–Trinajstić information content (AvgIpc) is 3.26. The molecule has 4 aromatic rings. The number of nitrogens with two attached hydrogens (primary N) is 1. The van der Waals surface area contributed by atoms with E-state index in [0.717, 1.165) is 38.9 Å². The van der Waals surface area contributed by atoms with Gasteiger partial charge in [-0.2, -0.15) is 0 Å². The molecule has 29 heavy (non-hydrogen) atoms. The lowest BCUT2D eigenvalue weighted by Gasteiger charge is -2.10. The lowest BCUT2D eigenvalue weighted by Crippen LogP contribution is -2.12. The van der Waals surface area contributed by atoms with Crippen molar-refractivity contribution in [2.24, 2.45) is 5.14 Å². The van der Waals surface area contributed by atoms with Crippen LogP contribution in [-0.4, -0.2) is 18.0 Å². The Morgan fingerprint density at radius 1 is 1.03 bits per heavy atom. The highest BCUT2D eigenvalue weighted by Crippen LogP contribution is 2.33. The van der Waals surface area contributed by atoms with Gasteiger partial charge in [0.15, 0.2) is 0 Å². The number of benzene rings is 2. The summed E-state index contributed by atoms with van der Waals surface area (Å²) in [6.45, 7) is 3.98. The third kappa shape index (κ3) is 3.74. The molecule has 0 bridgehead atoms. The van der Waals surface area contributed by atoms with Gasteiger partial charge in [-0.05, 0) is 68.4 Å². The Morgan fingerprint density at radius 2 is 1.69 bits per heavy atom. The van der Waals surface area contributed by atoms with Crippen molar-refractivity contribution in [3.05, 3.63) is 77.2 Å². The first kappa shape index (κ1) is 19.5. The van der Waals surface area contributed by atoms with Gasteiger partial charge >= 0.3 is 0 Å². The molecule has 2 N–H and O–H groups in total. The van der Waals surface area contributed by atoms with Gasteiger partial charge in [-0.15, -0.1) is 11.3 Å². The summed E-state index contributed by atoms with van der Waals surface area (Å²) in [6.07, 6.45) is 0. The monoisotopic (exact) mass is 427 g/mol. The summed E-state index contributed by atoms with van der Waals surface area (Å²) < 4.78 is 38.2. The fourth-order valence-corrected chi connectivity index (χ4v) is 4.67. The molecule has 0 saturated carbocycles. The maximum absolute atomic E-state index is 13.2. The molecule has 0 amide bonds. The Labute approximate surface area is 172 Å². The van der Waals surface area contributed by atoms with Crippen LogP contribution >= 0.6 is 11.3 Å². The van der Waals surface area contributed by atoms with Crippen molar-refractivity contribution < 1.29 is 12.8 Å². The van der Waals surface area contributed by atoms with Crippen molar-refractivity contribution in [1.29, 1.82) is 0 Å². The molecule has 0 aliphatic carbocycles. The third-order valence-corrected chi connectivity index (χ3v) is 6.55. The van der Waals surface area contributed by atoms with Gasteiger partial charge in [0.05, 0.1) is 10.6 Å². The number of hydrogen-bond acceptors (Lipinski definition) is 4. The topological polar surface area (TPSA) is 78.0 Å². The van der Waals surface area contributed by atoms with E-state index in [0.29, 0.717) is 0 Å². The zero-order valence-corrected chi connectivity index (χ0v) is 17.4. The van der Waals surface area contributed by atoms with E-state index < -0.39 is 10.0 Å². The SMILES string of the molecule is Cc1cc(-c2csc(-c3ccc(F)cc3)n2)c(C)n1-c1ccc(S(N)(=O)=O)cc1. The molecule has 2 aromatic heterocycles. The van der Waals surface area contributed by atoms with Gasteiger partial charge in [0.25, 0.3) is 0 Å².